The lowest BCUT2D eigenvalue weighted by molar-refractivity contribution is 0.0967. The SMILES string of the molecule is CC1(NC(=O)OC2CCC(c3cc(Nc4nccn5nc(CO)cc45)n[nH]3)C2)CC1. The molecule has 2 saturated carbocycles. The predicted molar refractivity (Wildman–Crippen MR) is 108 cm³/mol. The fourth-order valence-corrected chi connectivity index (χ4v) is 3.95. The van der Waals surface area contributed by atoms with Crippen LogP contribution >= 0.6 is 0 Å². The van der Waals surface area contributed by atoms with Gasteiger partial charge >= 0.3 is 6.09 Å². The number of aliphatic hydroxyl groups is 1. The first-order chi connectivity index (χ1) is 14.5. The van der Waals surface area contributed by atoms with E-state index >= 15 is 0 Å². The molecule has 10 heteroatoms. The van der Waals surface area contributed by atoms with Gasteiger partial charge in [0.25, 0.3) is 0 Å². The van der Waals surface area contributed by atoms with Crippen molar-refractivity contribution in [3.05, 3.63) is 35.9 Å². The summed E-state index contributed by atoms with van der Waals surface area (Å²) in [5.74, 6) is 1.53. The van der Waals surface area contributed by atoms with Gasteiger partial charge in [0.05, 0.1) is 12.3 Å². The number of fused-ring (bicyclic) bond motifs is 1. The molecule has 0 spiro atoms. The van der Waals surface area contributed by atoms with E-state index in [-0.39, 0.29) is 30.3 Å². The Labute approximate surface area is 173 Å². The molecule has 0 bridgehead atoms. The standard InChI is InChI=1S/C20H25N7O3/c1-20(4-5-20)23-19(29)30-14-3-2-12(8-14)15-10-17(25-24-15)22-18-16-9-13(11-28)26-27(16)7-6-21-18/h6-7,9-10,12,14,28H,2-5,8,11H2,1H3,(H,23,29)(H2,21,22,24,25). The number of amides is 1. The Balaban J connectivity index is 1.22. The quantitative estimate of drug-likeness (QED) is 0.490. The molecular formula is C20H25N7O3. The first kappa shape index (κ1) is 18.9. The number of nitrogens with zero attached hydrogens (tertiary/aromatic N) is 4. The molecule has 2 aliphatic rings. The van der Waals surface area contributed by atoms with Gasteiger partial charge in [-0.05, 0) is 45.1 Å². The van der Waals surface area contributed by atoms with Crippen LogP contribution in [0.1, 0.15) is 56.3 Å². The minimum absolute atomic E-state index is 0.0661. The Morgan fingerprint density at radius 3 is 3.07 bits per heavy atom. The molecule has 10 nitrogen and oxygen atoms in total. The monoisotopic (exact) mass is 411 g/mol. The summed E-state index contributed by atoms with van der Waals surface area (Å²) in [6, 6.07) is 3.75. The van der Waals surface area contributed by atoms with Gasteiger partial charge in [0.15, 0.2) is 11.6 Å². The molecule has 0 radical (unpaired) electrons. The Kier molecular flexibility index (Phi) is 4.58. The number of aromatic nitrogens is 5. The molecule has 3 heterocycles. The third-order valence-corrected chi connectivity index (χ3v) is 5.95. The molecule has 30 heavy (non-hydrogen) atoms. The number of H-pyrrole nitrogens is 1. The molecule has 1 amide bonds. The highest BCUT2D eigenvalue weighted by atomic mass is 16.6. The van der Waals surface area contributed by atoms with Crippen LogP contribution in [0.15, 0.2) is 24.5 Å². The molecule has 0 saturated heterocycles. The minimum atomic E-state index is -0.310. The first-order valence-corrected chi connectivity index (χ1v) is 10.3. The highest BCUT2D eigenvalue weighted by Gasteiger charge is 2.40. The van der Waals surface area contributed by atoms with Crippen LogP contribution in [-0.2, 0) is 11.3 Å². The average molecular weight is 411 g/mol. The van der Waals surface area contributed by atoms with E-state index in [0.29, 0.717) is 17.3 Å². The van der Waals surface area contributed by atoms with Gasteiger partial charge in [-0.25, -0.2) is 14.3 Å². The van der Waals surface area contributed by atoms with Crippen LogP contribution in [0.3, 0.4) is 0 Å². The lowest BCUT2D eigenvalue weighted by Gasteiger charge is -2.16. The second-order valence-corrected chi connectivity index (χ2v) is 8.46. The van der Waals surface area contributed by atoms with Crippen molar-refractivity contribution in [3.8, 4) is 0 Å². The summed E-state index contributed by atoms with van der Waals surface area (Å²) in [4.78, 5) is 16.4. The van der Waals surface area contributed by atoms with Gasteiger partial charge in [-0.3, -0.25) is 5.10 Å². The number of hydrogen-bond donors (Lipinski definition) is 4. The van der Waals surface area contributed by atoms with E-state index in [9.17, 15) is 9.90 Å². The first-order valence-electron chi connectivity index (χ1n) is 10.3. The van der Waals surface area contributed by atoms with E-state index in [0.717, 1.165) is 43.3 Å². The van der Waals surface area contributed by atoms with E-state index < -0.39 is 0 Å². The fraction of sp³-hybridized carbons (Fsp3) is 0.500. The number of carbonyl (C=O) groups is 1. The van der Waals surface area contributed by atoms with Crippen LogP contribution in [0.4, 0.5) is 16.4 Å². The summed E-state index contributed by atoms with van der Waals surface area (Å²) >= 11 is 0. The molecule has 2 unspecified atom stereocenters. The van der Waals surface area contributed by atoms with Gasteiger partial charge in [0.1, 0.15) is 11.6 Å². The summed E-state index contributed by atoms with van der Waals surface area (Å²) < 4.78 is 7.27. The maximum absolute atomic E-state index is 12.0. The van der Waals surface area contributed by atoms with Crippen LogP contribution in [-0.4, -0.2) is 47.6 Å². The van der Waals surface area contributed by atoms with E-state index in [1.54, 1.807) is 23.0 Å². The highest BCUT2D eigenvalue weighted by molar-refractivity contribution is 5.72. The molecule has 5 rings (SSSR count). The number of aliphatic hydroxyl groups excluding tert-OH is 1. The maximum atomic E-state index is 12.0. The lowest BCUT2D eigenvalue weighted by Crippen LogP contribution is -2.36. The van der Waals surface area contributed by atoms with Crippen LogP contribution in [0.25, 0.3) is 5.52 Å². The predicted octanol–water partition coefficient (Wildman–Crippen LogP) is 2.60. The smallest absolute Gasteiger partial charge is 0.407 e. The van der Waals surface area contributed by atoms with Crippen molar-refractivity contribution in [2.75, 3.05) is 5.32 Å². The van der Waals surface area contributed by atoms with Crippen molar-refractivity contribution in [2.45, 2.75) is 63.2 Å². The summed E-state index contributed by atoms with van der Waals surface area (Å²) in [5.41, 5.74) is 2.28. The maximum Gasteiger partial charge on any atom is 0.407 e. The number of aromatic amines is 1. The zero-order valence-corrected chi connectivity index (χ0v) is 16.8. The zero-order chi connectivity index (χ0) is 20.7. The van der Waals surface area contributed by atoms with Gasteiger partial charge in [0.2, 0.25) is 0 Å². The Hall–Kier alpha value is -3.14. The van der Waals surface area contributed by atoms with Gasteiger partial charge in [0, 0.05) is 35.6 Å². The van der Waals surface area contributed by atoms with Crippen molar-refractivity contribution < 1.29 is 14.6 Å². The number of anilines is 2. The summed E-state index contributed by atoms with van der Waals surface area (Å²) in [6.45, 7) is 1.91. The largest absolute Gasteiger partial charge is 0.446 e. The van der Waals surface area contributed by atoms with Crippen molar-refractivity contribution in [3.63, 3.8) is 0 Å². The summed E-state index contributed by atoms with van der Waals surface area (Å²) in [5, 5.41) is 27.2. The normalized spacial score (nSPS) is 22.2. The van der Waals surface area contributed by atoms with E-state index in [1.807, 2.05) is 13.0 Å². The van der Waals surface area contributed by atoms with Crippen LogP contribution < -0.4 is 10.6 Å². The van der Waals surface area contributed by atoms with Gasteiger partial charge < -0.3 is 20.5 Å². The molecule has 2 aliphatic carbocycles. The Bertz CT molecular complexity index is 1070. The topological polar surface area (TPSA) is 129 Å². The minimum Gasteiger partial charge on any atom is -0.446 e. The fourth-order valence-electron chi connectivity index (χ4n) is 3.95. The third-order valence-electron chi connectivity index (χ3n) is 5.95. The van der Waals surface area contributed by atoms with E-state index in [4.69, 9.17) is 4.74 Å². The number of hydrogen-bond acceptors (Lipinski definition) is 7. The molecule has 4 N–H and O–H groups in total. The average Bonchev–Trinajstić information content (AvgIpc) is 3.17. The van der Waals surface area contributed by atoms with Gasteiger partial charge in [-0.15, -0.1) is 0 Å². The third kappa shape index (κ3) is 3.82. The van der Waals surface area contributed by atoms with Crippen molar-refractivity contribution in [1.29, 1.82) is 0 Å². The second-order valence-electron chi connectivity index (χ2n) is 8.46. The molecule has 3 aromatic heterocycles. The molecule has 0 aromatic carbocycles. The number of carbonyl (C=O) groups excluding carboxylic acids is 1. The number of nitrogens with one attached hydrogen (secondary N) is 3. The van der Waals surface area contributed by atoms with Crippen molar-refractivity contribution >= 4 is 23.2 Å². The van der Waals surface area contributed by atoms with Gasteiger partial charge in [-0.2, -0.15) is 10.2 Å². The Morgan fingerprint density at radius 2 is 2.27 bits per heavy atom. The molecule has 2 fully saturated rings. The lowest BCUT2D eigenvalue weighted by atomic mass is 10.0. The van der Waals surface area contributed by atoms with Crippen LogP contribution in [0.5, 0.6) is 0 Å². The van der Waals surface area contributed by atoms with Crippen molar-refractivity contribution in [2.24, 2.45) is 0 Å². The molecule has 3 aromatic rings. The number of rotatable bonds is 6. The molecule has 0 aliphatic heterocycles. The van der Waals surface area contributed by atoms with E-state index in [1.165, 1.54) is 0 Å². The van der Waals surface area contributed by atoms with Gasteiger partial charge in [-0.1, -0.05) is 0 Å². The summed E-state index contributed by atoms with van der Waals surface area (Å²) in [6.07, 6.45) is 7.58. The van der Waals surface area contributed by atoms with Crippen molar-refractivity contribution in [1.82, 2.24) is 30.1 Å². The second kappa shape index (κ2) is 7.28. The zero-order valence-electron chi connectivity index (χ0n) is 16.8. The number of alkyl carbamates (subject to hydrolysis) is 1. The Morgan fingerprint density at radius 1 is 1.40 bits per heavy atom. The van der Waals surface area contributed by atoms with Crippen LogP contribution in [0.2, 0.25) is 0 Å². The highest BCUT2D eigenvalue weighted by Crippen LogP contribution is 2.37. The van der Waals surface area contributed by atoms with E-state index in [2.05, 4.69) is 30.9 Å². The van der Waals surface area contributed by atoms with Crippen LogP contribution in [0, 0.1) is 0 Å². The number of ether oxygens (including phenoxy) is 1. The molecule has 158 valence electrons. The molecular weight excluding hydrogens is 386 g/mol. The summed E-state index contributed by atoms with van der Waals surface area (Å²) in [7, 11) is 0. The molecule has 2 atom stereocenters.